The first-order valence-electron chi connectivity index (χ1n) is 17.0. The standard InChI is InChI=1S/C39H45N3O8/c1-25(22-43)40-35(44)21-27-15-7-4-8-20-33(38(46)50-36(26-13-5-3-6-14-26)34(24-48-2)41-37(27)45)42-39(47)49-23-32-30-18-11-9-16-28(30)29-17-10-12-19-31(29)32/h3-7,9-14,16-19,25,27,32-34,36,43H,8,15,20-24H2,1-2H3,(H,40,44)(H,41,45)(H,42,47)/t25-,27-,33+,34+,36+/m1/s1. The first-order chi connectivity index (χ1) is 24.3. The molecule has 0 bridgehead atoms. The average Bonchev–Trinajstić information content (AvgIpc) is 3.45. The number of alkyl carbamates (subject to hydrolysis) is 1. The van der Waals surface area contributed by atoms with Crippen molar-refractivity contribution in [3.63, 3.8) is 0 Å². The summed E-state index contributed by atoms with van der Waals surface area (Å²) in [7, 11) is 1.47. The number of rotatable bonds is 10. The van der Waals surface area contributed by atoms with Crippen LogP contribution in [-0.4, -0.2) is 74.0 Å². The summed E-state index contributed by atoms with van der Waals surface area (Å²) in [6.45, 7) is 1.53. The highest BCUT2D eigenvalue weighted by molar-refractivity contribution is 5.86. The van der Waals surface area contributed by atoms with Crippen LogP contribution < -0.4 is 16.0 Å². The number of allylic oxidation sites excluding steroid dienone is 2. The van der Waals surface area contributed by atoms with Gasteiger partial charge in [-0.3, -0.25) is 9.59 Å². The van der Waals surface area contributed by atoms with Crippen LogP contribution in [0.1, 0.15) is 61.3 Å². The van der Waals surface area contributed by atoms with Gasteiger partial charge in [-0.15, -0.1) is 0 Å². The summed E-state index contributed by atoms with van der Waals surface area (Å²) >= 11 is 0. The molecule has 1 aliphatic carbocycles. The summed E-state index contributed by atoms with van der Waals surface area (Å²) in [6.07, 6.45) is 2.61. The fourth-order valence-electron chi connectivity index (χ4n) is 6.48. The molecule has 5 atom stereocenters. The van der Waals surface area contributed by atoms with Gasteiger partial charge in [-0.05, 0) is 54.0 Å². The molecule has 0 saturated carbocycles. The Balaban J connectivity index is 1.35. The van der Waals surface area contributed by atoms with Crippen LogP contribution in [0, 0.1) is 5.92 Å². The van der Waals surface area contributed by atoms with E-state index in [1.54, 1.807) is 37.3 Å². The molecule has 264 valence electrons. The lowest BCUT2D eigenvalue weighted by Crippen LogP contribution is -2.49. The summed E-state index contributed by atoms with van der Waals surface area (Å²) in [5, 5.41) is 17.7. The number of carbonyl (C=O) groups excluding carboxylic acids is 4. The van der Waals surface area contributed by atoms with Gasteiger partial charge >= 0.3 is 12.1 Å². The third kappa shape index (κ3) is 9.16. The van der Waals surface area contributed by atoms with E-state index in [4.69, 9.17) is 14.2 Å². The lowest BCUT2D eigenvalue weighted by Gasteiger charge is -2.30. The molecule has 2 aliphatic rings. The van der Waals surface area contributed by atoms with Gasteiger partial charge in [0.1, 0.15) is 18.8 Å². The minimum absolute atomic E-state index is 0.000638. The zero-order chi connectivity index (χ0) is 35.5. The number of hydrogen-bond donors (Lipinski definition) is 4. The maximum absolute atomic E-state index is 13.9. The molecule has 11 heteroatoms. The van der Waals surface area contributed by atoms with Gasteiger partial charge in [-0.2, -0.15) is 0 Å². The maximum Gasteiger partial charge on any atom is 0.407 e. The summed E-state index contributed by atoms with van der Waals surface area (Å²) < 4.78 is 17.3. The van der Waals surface area contributed by atoms with Crippen molar-refractivity contribution in [3.05, 3.63) is 108 Å². The zero-order valence-electron chi connectivity index (χ0n) is 28.4. The number of nitrogens with one attached hydrogen (secondary N) is 3. The average molecular weight is 684 g/mol. The van der Waals surface area contributed by atoms with E-state index in [1.165, 1.54) is 7.11 Å². The Bertz CT molecular complexity index is 1620. The fraction of sp³-hybridized carbons (Fsp3) is 0.385. The van der Waals surface area contributed by atoms with Gasteiger partial charge in [-0.25, -0.2) is 9.59 Å². The normalized spacial score (nSPS) is 21.6. The predicted molar refractivity (Wildman–Crippen MR) is 187 cm³/mol. The van der Waals surface area contributed by atoms with Gasteiger partial charge < -0.3 is 35.3 Å². The van der Waals surface area contributed by atoms with E-state index in [9.17, 15) is 24.3 Å². The minimum atomic E-state index is -1.05. The van der Waals surface area contributed by atoms with Crippen molar-refractivity contribution in [3.8, 4) is 11.1 Å². The van der Waals surface area contributed by atoms with Crippen LogP contribution in [0.2, 0.25) is 0 Å². The third-order valence-electron chi connectivity index (χ3n) is 9.02. The van der Waals surface area contributed by atoms with Gasteiger partial charge in [0.15, 0.2) is 0 Å². The fourth-order valence-corrected chi connectivity index (χ4v) is 6.48. The van der Waals surface area contributed by atoms with Gasteiger partial charge in [-0.1, -0.05) is 91.0 Å². The molecule has 0 saturated heterocycles. The van der Waals surface area contributed by atoms with Crippen molar-refractivity contribution in [2.45, 2.75) is 62.8 Å². The minimum Gasteiger partial charge on any atom is -0.454 e. The molecule has 0 unspecified atom stereocenters. The second-order valence-electron chi connectivity index (χ2n) is 12.7. The Morgan fingerprint density at radius 3 is 2.26 bits per heavy atom. The summed E-state index contributed by atoms with van der Waals surface area (Å²) in [6, 6.07) is 22.7. The first kappa shape index (κ1) is 36.3. The van der Waals surface area contributed by atoms with Crippen LogP contribution in [0.3, 0.4) is 0 Å². The van der Waals surface area contributed by atoms with E-state index in [0.29, 0.717) is 12.0 Å². The largest absolute Gasteiger partial charge is 0.454 e. The molecule has 3 aromatic carbocycles. The highest BCUT2D eigenvalue weighted by Crippen LogP contribution is 2.44. The Labute approximate surface area is 292 Å². The molecule has 0 fully saturated rings. The van der Waals surface area contributed by atoms with Crippen LogP contribution in [0.25, 0.3) is 11.1 Å². The number of aliphatic hydroxyl groups is 1. The molecule has 1 heterocycles. The number of benzene rings is 3. The smallest absolute Gasteiger partial charge is 0.407 e. The Morgan fingerprint density at radius 1 is 0.940 bits per heavy atom. The second kappa shape index (κ2) is 17.6. The Kier molecular flexibility index (Phi) is 12.8. The monoisotopic (exact) mass is 683 g/mol. The number of cyclic esters (lactones) is 1. The van der Waals surface area contributed by atoms with Crippen molar-refractivity contribution in [2.24, 2.45) is 5.92 Å². The molecular formula is C39H45N3O8. The quantitative estimate of drug-likeness (QED) is 0.180. The van der Waals surface area contributed by atoms with Crippen LogP contribution >= 0.6 is 0 Å². The van der Waals surface area contributed by atoms with Crippen LogP contribution in [-0.2, 0) is 28.6 Å². The van der Waals surface area contributed by atoms with Crippen molar-refractivity contribution in [1.29, 1.82) is 0 Å². The number of carbonyl (C=O) groups is 4. The lowest BCUT2D eigenvalue weighted by atomic mass is 9.97. The van der Waals surface area contributed by atoms with Gasteiger partial charge in [0.05, 0.1) is 25.2 Å². The molecular weight excluding hydrogens is 638 g/mol. The number of hydrogen-bond acceptors (Lipinski definition) is 8. The molecule has 50 heavy (non-hydrogen) atoms. The van der Waals surface area contributed by atoms with E-state index in [2.05, 4.69) is 28.1 Å². The Hall–Kier alpha value is -5.00. The molecule has 0 spiro atoms. The zero-order valence-corrected chi connectivity index (χ0v) is 28.4. The SMILES string of the molecule is COC[C@@H]1NC(=O)[C@@H](CC(=O)N[C@H](C)CO)CC=CCC[C@H](NC(=O)OCC2c3ccccc3-c3ccccc32)C(=O)O[C@H]1c1ccccc1. The number of amides is 3. The van der Waals surface area contributed by atoms with E-state index < -0.39 is 48.1 Å². The van der Waals surface area contributed by atoms with Crippen molar-refractivity contribution in [1.82, 2.24) is 16.0 Å². The van der Waals surface area contributed by atoms with Gasteiger partial charge in [0.2, 0.25) is 11.8 Å². The highest BCUT2D eigenvalue weighted by atomic mass is 16.6. The summed E-state index contributed by atoms with van der Waals surface area (Å²) in [5.41, 5.74) is 4.97. The lowest BCUT2D eigenvalue weighted by molar-refractivity contribution is -0.155. The molecule has 11 nitrogen and oxygen atoms in total. The third-order valence-corrected chi connectivity index (χ3v) is 9.02. The van der Waals surface area contributed by atoms with E-state index in [0.717, 1.165) is 22.3 Å². The second-order valence-corrected chi connectivity index (χ2v) is 12.7. The molecule has 3 aromatic rings. The van der Waals surface area contributed by atoms with E-state index in [-0.39, 0.29) is 50.9 Å². The van der Waals surface area contributed by atoms with E-state index >= 15 is 0 Å². The van der Waals surface area contributed by atoms with Crippen molar-refractivity contribution < 1.29 is 38.5 Å². The topological polar surface area (TPSA) is 152 Å². The summed E-state index contributed by atoms with van der Waals surface area (Å²) in [4.78, 5) is 53.5. The maximum atomic E-state index is 13.9. The number of aliphatic hydroxyl groups excluding tert-OH is 1. The molecule has 3 amide bonds. The van der Waals surface area contributed by atoms with Crippen LogP contribution in [0.15, 0.2) is 91.0 Å². The van der Waals surface area contributed by atoms with Crippen molar-refractivity contribution in [2.75, 3.05) is 26.9 Å². The number of ether oxygens (including phenoxy) is 3. The first-order valence-corrected chi connectivity index (χ1v) is 17.0. The van der Waals surface area contributed by atoms with Gasteiger partial charge in [0, 0.05) is 25.5 Å². The molecule has 0 radical (unpaired) electrons. The highest BCUT2D eigenvalue weighted by Gasteiger charge is 2.35. The number of esters is 1. The molecule has 0 aromatic heterocycles. The van der Waals surface area contributed by atoms with Crippen LogP contribution in [0.4, 0.5) is 4.79 Å². The molecule has 4 N–H and O–H groups in total. The predicted octanol–water partition coefficient (Wildman–Crippen LogP) is 4.55. The molecule has 5 rings (SSSR count). The van der Waals surface area contributed by atoms with Crippen molar-refractivity contribution >= 4 is 23.9 Å². The Morgan fingerprint density at radius 2 is 1.60 bits per heavy atom. The van der Waals surface area contributed by atoms with E-state index in [1.807, 2.05) is 48.5 Å². The summed E-state index contributed by atoms with van der Waals surface area (Å²) in [5.74, 6) is -2.35. The van der Waals surface area contributed by atoms with Crippen LogP contribution in [0.5, 0.6) is 0 Å². The number of fused-ring (bicyclic) bond motifs is 3. The number of methoxy groups -OCH3 is 1. The molecule has 1 aliphatic heterocycles. The van der Waals surface area contributed by atoms with Gasteiger partial charge in [0.25, 0.3) is 0 Å².